The first-order valence-corrected chi connectivity index (χ1v) is 12.3. The van der Waals surface area contributed by atoms with E-state index in [0.29, 0.717) is 40.3 Å². The number of hydrogen-bond acceptors (Lipinski definition) is 5. The summed E-state index contributed by atoms with van der Waals surface area (Å²) in [5, 5.41) is 6.31. The maximum absolute atomic E-state index is 12.6. The number of benzene rings is 3. The molecular formula is C27H25Cl2N3O5. The number of anilines is 2. The number of methoxy groups -OCH3 is 1. The van der Waals surface area contributed by atoms with Gasteiger partial charge in [-0.1, -0.05) is 35.3 Å². The zero-order chi connectivity index (χ0) is 26.4. The third-order valence-electron chi connectivity index (χ3n) is 5.84. The predicted octanol–water partition coefficient (Wildman–Crippen LogP) is 4.69. The number of amides is 3. The number of carbonyl (C=O) groups excluding carboxylic acids is 3. The molecule has 3 aromatic rings. The SMILES string of the molecule is COc1ccc(CNC(=O)[C@H]2CC(=O)N(c3ccc(OCC(=O)Nc4ccc(Cl)c(Cl)c4)cc3)C2)cc1. The number of ether oxygens (including phenoxy) is 2. The molecule has 0 radical (unpaired) electrons. The van der Waals surface area contributed by atoms with E-state index in [-0.39, 0.29) is 30.7 Å². The van der Waals surface area contributed by atoms with Crippen LogP contribution in [0.4, 0.5) is 11.4 Å². The lowest BCUT2D eigenvalue weighted by atomic mass is 10.1. The van der Waals surface area contributed by atoms with Crippen molar-refractivity contribution in [1.82, 2.24) is 5.32 Å². The van der Waals surface area contributed by atoms with Crippen molar-refractivity contribution < 1.29 is 23.9 Å². The summed E-state index contributed by atoms with van der Waals surface area (Å²) >= 11 is 11.8. The highest BCUT2D eigenvalue weighted by atomic mass is 35.5. The summed E-state index contributed by atoms with van der Waals surface area (Å²) in [5.74, 6) is 0.120. The second kappa shape index (κ2) is 12.0. The fourth-order valence-corrected chi connectivity index (χ4v) is 4.15. The number of carbonyl (C=O) groups is 3. The van der Waals surface area contributed by atoms with Crippen molar-refractivity contribution in [3.63, 3.8) is 0 Å². The molecule has 4 rings (SSSR count). The Morgan fingerprint density at radius 1 is 0.973 bits per heavy atom. The monoisotopic (exact) mass is 541 g/mol. The van der Waals surface area contributed by atoms with Crippen LogP contribution in [0.5, 0.6) is 11.5 Å². The van der Waals surface area contributed by atoms with E-state index in [0.717, 1.165) is 11.3 Å². The minimum Gasteiger partial charge on any atom is -0.497 e. The first kappa shape index (κ1) is 26.3. The first-order chi connectivity index (χ1) is 17.8. The Labute approximate surface area is 224 Å². The normalized spacial score (nSPS) is 14.8. The number of nitrogens with zero attached hydrogens (tertiary/aromatic N) is 1. The van der Waals surface area contributed by atoms with E-state index in [1.807, 2.05) is 24.3 Å². The summed E-state index contributed by atoms with van der Waals surface area (Å²) in [7, 11) is 1.60. The molecule has 0 bridgehead atoms. The van der Waals surface area contributed by atoms with Crippen molar-refractivity contribution >= 4 is 52.3 Å². The lowest BCUT2D eigenvalue weighted by Gasteiger charge is -2.17. The van der Waals surface area contributed by atoms with Crippen LogP contribution in [0.1, 0.15) is 12.0 Å². The van der Waals surface area contributed by atoms with Crippen molar-refractivity contribution in [3.05, 3.63) is 82.3 Å². The Hall–Kier alpha value is -3.75. The lowest BCUT2D eigenvalue weighted by Crippen LogP contribution is -2.32. The van der Waals surface area contributed by atoms with Crippen molar-refractivity contribution in [2.24, 2.45) is 5.92 Å². The molecule has 3 aromatic carbocycles. The van der Waals surface area contributed by atoms with Crippen LogP contribution >= 0.6 is 23.2 Å². The van der Waals surface area contributed by atoms with Crippen LogP contribution in [0.25, 0.3) is 0 Å². The molecule has 37 heavy (non-hydrogen) atoms. The molecule has 192 valence electrons. The van der Waals surface area contributed by atoms with Crippen LogP contribution in [0, 0.1) is 5.92 Å². The Morgan fingerprint density at radius 2 is 1.68 bits per heavy atom. The van der Waals surface area contributed by atoms with Gasteiger partial charge >= 0.3 is 0 Å². The molecule has 1 aliphatic heterocycles. The van der Waals surface area contributed by atoms with Gasteiger partial charge in [0, 0.05) is 30.9 Å². The van der Waals surface area contributed by atoms with E-state index >= 15 is 0 Å². The zero-order valence-corrected chi connectivity index (χ0v) is 21.5. The van der Waals surface area contributed by atoms with Crippen LogP contribution in [0.3, 0.4) is 0 Å². The van der Waals surface area contributed by atoms with E-state index in [2.05, 4.69) is 10.6 Å². The largest absolute Gasteiger partial charge is 0.497 e. The standard InChI is InChI=1S/C27H25Cl2N3O5/c1-36-21-7-2-17(3-8-21)14-30-27(35)18-12-26(34)32(15-18)20-5-9-22(10-6-20)37-16-25(33)31-19-4-11-23(28)24(29)13-19/h2-11,13,18H,12,14-16H2,1H3,(H,30,35)(H,31,33)/t18-/m0/s1. The molecule has 1 aliphatic rings. The Bertz CT molecular complexity index is 1280. The topological polar surface area (TPSA) is 97.0 Å². The number of rotatable bonds is 9. The molecule has 1 saturated heterocycles. The smallest absolute Gasteiger partial charge is 0.262 e. The molecule has 1 fully saturated rings. The van der Waals surface area contributed by atoms with Gasteiger partial charge < -0.3 is 25.0 Å². The van der Waals surface area contributed by atoms with E-state index in [1.165, 1.54) is 0 Å². The fourth-order valence-electron chi connectivity index (χ4n) is 3.85. The van der Waals surface area contributed by atoms with Crippen LogP contribution < -0.4 is 25.0 Å². The van der Waals surface area contributed by atoms with Gasteiger partial charge in [-0.15, -0.1) is 0 Å². The molecule has 2 N–H and O–H groups in total. The van der Waals surface area contributed by atoms with E-state index < -0.39 is 5.92 Å². The Morgan fingerprint density at radius 3 is 2.35 bits per heavy atom. The summed E-state index contributed by atoms with van der Waals surface area (Å²) < 4.78 is 10.7. The summed E-state index contributed by atoms with van der Waals surface area (Å²) in [6.07, 6.45) is 0.140. The third-order valence-corrected chi connectivity index (χ3v) is 6.58. The highest BCUT2D eigenvalue weighted by Gasteiger charge is 2.35. The van der Waals surface area contributed by atoms with Gasteiger partial charge in [-0.05, 0) is 60.2 Å². The maximum Gasteiger partial charge on any atom is 0.262 e. The van der Waals surface area contributed by atoms with Gasteiger partial charge in [0.05, 0.1) is 23.1 Å². The summed E-state index contributed by atoms with van der Waals surface area (Å²) in [6, 6.07) is 19.0. The van der Waals surface area contributed by atoms with Gasteiger partial charge in [0.15, 0.2) is 6.61 Å². The van der Waals surface area contributed by atoms with E-state index in [1.54, 1.807) is 54.5 Å². The second-order valence-electron chi connectivity index (χ2n) is 8.43. The summed E-state index contributed by atoms with van der Waals surface area (Å²) in [5.41, 5.74) is 2.10. The average molecular weight is 542 g/mol. The van der Waals surface area contributed by atoms with Crippen LogP contribution in [0.15, 0.2) is 66.7 Å². The highest BCUT2D eigenvalue weighted by Crippen LogP contribution is 2.28. The molecule has 0 saturated carbocycles. The first-order valence-electron chi connectivity index (χ1n) is 11.5. The molecule has 8 nitrogen and oxygen atoms in total. The van der Waals surface area contributed by atoms with Crippen molar-refractivity contribution in [2.45, 2.75) is 13.0 Å². The van der Waals surface area contributed by atoms with E-state index in [9.17, 15) is 14.4 Å². The van der Waals surface area contributed by atoms with Gasteiger partial charge in [0.1, 0.15) is 11.5 Å². The summed E-state index contributed by atoms with van der Waals surface area (Å²) in [6.45, 7) is 0.455. The predicted molar refractivity (Wildman–Crippen MR) is 142 cm³/mol. The van der Waals surface area contributed by atoms with Crippen LogP contribution in [0.2, 0.25) is 10.0 Å². The molecule has 1 atom stereocenters. The number of hydrogen-bond donors (Lipinski definition) is 2. The van der Waals surface area contributed by atoms with Gasteiger partial charge in [-0.2, -0.15) is 0 Å². The quantitative estimate of drug-likeness (QED) is 0.409. The van der Waals surface area contributed by atoms with Gasteiger partial charge in [0.2, 0.25) is 11.8 Å². The van der Waals surface area contributed by atoms with Gasteiger partial charge in [0.25, 0.3) is 5.91 Å². The number of halogens is 2. The summed E-state index contributed by atoms with van der Waals surface area (Å²) in [4.78, 5) is 39.0. The lowest BCUT2D eigenvalue weighted by molar-refractivity contribution is -0.126. The average Bonchev–Trinajstić information content (AvgIpc) is 3.30. The van der Waals surface area contributed by atoms with Gasteiger partial charge in [-0.25, -0.2) is 0 Å². The second-order valence-corrected chi connectivity index (χ2v) is 9.25. The molecular weight excluding hydrogens is 517 g/mol. The fraction of sp³-hybridized carbons (Fsp3) is 0.222. The van der Waals surface area contributed by atoms with Crippen LogP contribution in [-0.4, -0.2) is 38.0 Å². The van der Waals surface area contributed by atoms with Crippen molar-refractivity contribution in [2.75, 3.05) is 30.5 Å². The molecule has 0 unspecified atom stereocenters. The minimum absolute atomic E-state index is 0.126. The molecule has 10 heteroatoms. The third kappa shape index (κ3) is 6.93. The Balaban J connectivity index is 1.26. The van der Waals surface area contributed by atoms with E-state index in [4.69, 9.17) is 32.7 Å². The van der Waals surface area contributed by atoms with Crippen molar-refractivity contribution in [3.8, 4) is 11.5 Å². The van der Waals surface area contributed by atoms with Crippen LogP contribution in [-0.2, 0) is 20.9 Å². The molecule has 3 amide bonds. The zero-order valence-electron chi connectivity index (χ0n) is 20.0. The maximum atomic E-state index is 12.6. The van der Waals surface area contributed by atoms with Crippen molar-refractivity contribution in [1.29, 1.82) is 0 Å². The highest BCUT2D eigenvalue weighted by molar-refractivity contribution is 6.42. The molecule has 0 aromatic heterocycles. The number of nitrogens with one attached hydrogen (secondary N) is 2. The Kier molecular flexibility index (Phi) is 8.53. The molecule has 0 aliphatic carbocycles. The minimum atomic E-state index is -0.438. The molecule has 1 heterocycles. The molecule has 0 spiro atoms. The van der Waals surface area contributed by atoms with Gasteiger partial charge in [-0.3, -0.25) is 14.4 Å².